The van der Waals surface area contributed by atoms with Gasteiger partial charge in [-0.25, -0.2) is 0 Å². The largest absolute Gasteiger partial charge is 0.445 e. The summed E-state index contributed by atoms with van der Waals surface area (Å²) in [4.78, 5) is 4.16. The SMILES string of the molecule is CC(c1ccc(Cl)cc1)N1CCN(c2nnc(C(F)(F)F)s2)CC1. The van der Waals surface area contributed by atoms with Crippen LogP contribution in [0.2, 0.25) is 5.02 Å². The molecular weight excluding hydrogens is 361 g/mol. The maximum atomic E-state index is 12.6. The molecule has 24 heavy (non-hydrogen) atoms. The van der Waals surface area contributed by atoms with Crippen molar-refractivity contribution in [3.8, 4) is 0 Å². The first-order valence-electron chi connectivity index (χ1n) is 7.50. The van der Waals surface area contributed by atoms with Gasteiger partial charge in [0.2, 0.25) is 10.1 Å². The van der Waals surface area contributed by atoms with Gasteiger partial charge >= 0.3 is 6.18 Å². The van der Waals surface area contributed by atoms with Crippen LogP contribution in [0.5, 0.6) is 0 Å². The molecule has 130 valence electrons. The molecule has 1 fully saturated rings. The highest BCUT2D eigenvalue weighted by molar-refractivity contribution is 7.15. The van der Waals surface area contributed by atoms with Crippen LogP contribution >= 0.6 is 22.9 Å². The van der Waals surface area contributed by atoms with E-state index in [9.17, 15) is 13.2 Å². The third kappa shape index (κ3) is 3.81. The minimum absolute atomic E-state index is 0.226. The number of hydrogen-bond acceptors (Lipinski definition) is 5. The molecule has 0 radical (unpaired) electrons. The zero-order chi connectivity index (χ0) is 17.3. The maximum absolute atomic E-state index is 12.6. The number of halogens is 4. The van der Waals surface area contributed by atoms with E-state index in [2.05, 4.69) is 22.0 Å². The molecule has 1 atom stereocenters. The number of rotatable bonds is 3. The lowest BCUT2D eigenvalue weighted by atomic mass is 10.1. The Hall–Kier alpha value is -1.38. The van der Waals surface area contributed by atoms with Crippen LogP contribution in [-0.2, 0) is 6.18 Å². The number of piperazine rings is 1. The van der Waals surface area contributed by atoms with Crippen molar-refractivity contribution in [3.63, 3.8) is 0 Å². The third-order valence-electron chi connectivity index (χ3n) is 4.14. The average Bonchev–Trinajstić information content (AvgIpc) is 3.05. The van der Waals surface area contributed by atoms with Gasteiger partial charge in [-0.15, -0.1) is 10.2 Å². The Morgan fingerprint density at radius 3 is 2.25 bits per heavy atom. The fourth-order valence-electron chi connectivity index (χ4n) is 2.71. The van der Waals surface area contributed by atoms with Crippen LogP contribution in [0.3, 0.4) is 0 Å². The van der Waals surface area contributed by atoms with Gasteiger partial charge in [0.1, 0.15) is 0 Å². The fourth-order valence-corrected chi connectivity index (χ4v) is 3.60. The first-order chi connectivity index (χ1) is 11.3. The van der Waals surface area contributed by atoms with Gasteiger partial charge in [-0.2, -0.15) is 13.2 Å². The van der Waals surface area contributed by atoms with Gasteiger partial charge in [-0.3, -0.25) is 4.90 Å². The summed E-state index contributed by atoms with van der Waals surface area (Å²) >= 11 is 6.51. The Morgan fingerprint density at radius 2 is 1.71 bits per heavy atom. The average molecular weight is 377 g/mol. The smallest absolute Gasteiger partial charge is 0.344 e. The number of nitrogens with zero attached hydrogens (tertiary/aromatic N) is 4. The Morgan fingerprint density at radius 1 is 1.08 bits per heavy atom. The molecule has 1 aliphatic rings. The van der Waals surface area contributed by atoms with Crippen LogP contribution < -0.4 is 4.90 Å². The summed E-state index contributed by atoms with van der Waals surface area (Å²) in [5.74, 6) is 0. The molecule has 1 aromatic carbocycles. The van der Waals surface area contributed by atoms with Gasteiger partial charge in [-0.05, 0) is 24.6 Å². The maximum Gasteiger partial charge on any atom is 0.445 e. The number of anilines is 1. The van der Waals surface area contributed by atoms with Crippen LogP contribution in [0, 0.1) is 0 Å². The lowest BCUT2D eigenvalue weighted by molar-refractivity contribution is -0.138. The number of hydrogen-bond donors (Lipinski definition) is 0. The van der Waals surface area contributed by atoms with E-state index in [-0.39, 0.29) is 6.04 Å². The molecule has 1 aromatic heterocycles. The molecule has 0 bridgehead atoms. The Balaban J connectivity index is 1.61. The van der Waals surface area contributed by atoms with E-state index in [1.807, 2.05) is 29.2 Å². The van der Waals surface area contributed by atoms with Crippen LogP contribution in [0.4, 0.5) is 18.3 Å². The number of aromatic nitrogens is 2. The summed E-state index contributed by atoms with van der Waals surface area (Å²) in [7, 11) is 0. The van der Waals surface area contributed by atoms with Crippen LogP contribution in [0.25, 0.3) is 0 Å². The molecule has 1 aliphatic heterocycles. The molecule has 1 saturated heterocycles. The van der Waals surface area contributed by atoms with Crippen molar-refractivity contribution < 1.29 is 13.2 Å². The molecular formula is C15H16ClF3N4S. The molecule has 4 nitrogen and oxygen atoms in total. The Labute approximate surface area is 146 Å². The minimum Gasteiger partial charge on any atom is -0.344 e. The first-order valence-corrected chi connectivity index (χ1v) is 8.69. The first kappa shape index (κ1) is 17.4. The molecule has 0 aliphatic carbocycles. The van der Waals surface area contributed by atoms with E-state index >= 15 is 0 Å². The van der Waals surface area contributed by atoms with Crippen molar-refractivity contribution >= 4 is 28.1 Å². The second-order valence-electron chi connectivity index (χ2n) is 5.64. The lowest BCUT2D eigenvalue weighted by Gasteiger charge is -2.38. The van der Waals surface area contributed by atoms with E-state index in [1.165, 1.54) is 5.56 Å². The quantitative estimate of drug-likeness (QED) is 0.807. The van der Waals surface area contributed by atoms with Gasteiger partial charge in [-0.1, -0.05) is 35.1 Å². The molecule has 9 heteroatoms. The Kier molecular flexibility index (Phi) is 4.98. The lowest BCUT2D eigenvalue weighted by Crippen LogP contribution is -2.47. The van der Waals surface area contributed by atoms with Gasteiger partial charge in [0.05, 0.1) is 0 Å². The van der Waals surface area contributed by atoms with E-state index in [0.717, 1.165) is 13.1 Å². The van der Waals surface area contributed by atoms with E-state index in [0.29, 0.717) is 34.6 Å². The summed E-state index contributed by atoms with van der Waals surface area (Å²) in [6.07, 6.45) is -4.43. The predicted molar refractivity (Wildman–Crippen MR) is 88.6 cm³/mol. The van der Waals surface area contributed by atoms with Crippen LogP contribution in [-0.4, -0.2) is 41.3 Å². The van der Waals surface area contributed by atoms with Crippen molar-refractivity contribution in [1.82, 2.24) is 15.1 Å². The molecule has 0 spiro atoms. The molecule has 2 aromatic rings. The summed E-state index contributed by atoms with van der Waals surface area (Å²) in [5.41, 5.74) is 1.17. The van der Waals surface area contributed by atoms with Gasteiger partial charge in [0.15, 0.2) is 0 Å². The van der Waals surface area contributed by atoms with Crippen molar-refractivity contribution in [1.29, 1.82) is 0 Å². The fraction of sp³-hybridized carbons (Fsp3) is 0.467. The third-order valence-corrected chi connectivity index (χ3v) is 5.42. The summed E-state index contributed by atoms with van der Waals surface area (Å²) in [5, 5.41) is 7.08. The summed E-state index contributed by atoms with van der Waals surface area (Å²) in [6.45, 7) is 4.88. The second kappa shape index (κ2) is 6.85. The van der Waals surface area contributed by atoms with Crippen LogP contribution in [0.1, 0.15) is 23.5 Å². The highest BCUT2D eigenvalue weighted by atomic mass is 35.5. The molecule has 1 unspecified atom stereocenters. The number of benzene rings is 1. The number of alkyl halides is 3. The van der Waals surface area contributed by atoms with Crippen molar-refractivity contribution in [2.75, 3.05) is 31.1 Å². The van der Waals surface area contributed by atoms with E-state index in [4.69, 9.17) is 11.6 Å². The summed E-state index contributed by atoms with van der Waals surface area (Å²) < 4.78 is 37.9. The topological polar surface area (TPSA) is 32.3 Å². The van der Waals surface area contributed by atoms with Gasteiger partial charge in [0, 0.05) is 37.2 Å². The van der Waals surface area contributed by atoms with E-state index in [1.54, 1.807) is 0 Å². The highest BCUT2D eigenvalue weighted by Crippen LogP contribution is 2.35. The van der Waals surface area contributed by atoms with E-state index < -0.39 is 11.2 Å². The highest BCUT2D eigenvalue weighted by Gasteiger charge is 2.36. The zero-order valence-corrected chi connectivity index (χ0v) is 14.5. The van der Waals surface area contributed by atoms with Crippen LogP contribution in [0.15, 0.2) is 24.3 Å². The summed E-state index contributed by atoms with van der Waals surface area (Å²) in [6, 6.07) is 7.96. The van der Waals surface area contributed by atoms with Crippen molar-refractivity contribution in [2.45, 2.75) is 19.1 Å². The van der Waals surface area contributed by atoms with Crippen molar-refractivity contribution in [3.05, 3.63) is 39.9 Å². The molecule has 0 saturated carbocycles. The molecule has 0 amide bonds. The molecule has 0 N–H and O–H groups in total. The van der Waals surface area contributed by atoms with Crippen molar-refractivity contribution in [2.24, 2.45) is 0 Å². The zero-order valence-electron chi connectivity index (χ0n) is 12.9. The minimum atomic E-state index is -4.43. The standard InChI is InChI=1S/C15H16ClF3N4S/c1-10(11-2-4-12(16)5-3-11)22-6-8-23(9-7-22)14-21-20-13(24-14)15(17,18)19/h2-5,10H,6-9H2,1H3. The Bertz CT molecular complexity index is 681. The predicted octanol–water partition coefficient (Wildman–Crippen LogP) is 4.09. The molecule has 3 rings (SSSR count). The second-order valence-corrected chi connectivity index (χ2v) is 7.03. The van der Waals surface area contributed by atoms with Gasteiger partial charge in [0.25, 0.3) is 0 Å². The molecule has 2 heterocycles. The normalized spacial score (nSPS) is 18.0. The van der Waals surface area contributed by atoms with Gasteiger partial charge < -0.3 is 4.90 Å². The monoisotopic (exact) mass is 376 g/mol.